The summed E-state index contributed by atoms with van der Waals surface area (Å²) in [6.07, 6.45) is 3.48. The van der Waals surface area contributed by atoms with Crippen molar-refractivity contribution in [3.8, 4) is 11.6 Å². The fourth-order valence-electron chi connectivity index (χ4n) is 3.40. The van der Waals surface area contributed by atoms with Crippen LogP contribution in [0, 0.1) is 20.8 Å². The van der Waals surface area contributed by atoms with Crippen LogP contribution in [0.25, 0.3) is 5.82 Å². The third-order valence-corrected chi connectivity index (χ3v) is 6.70. The Bertz CT molecular complexity index is 1380. The quantitative estimate of drug-likeness (QED) is 0.423. The van der Waals surface area contributed by atoms with E-state index in [1.54, 1.807) is 80.5 Å². The SMILES string of the molecule is COc1ccc(S(=O)(=O)Nc2ccc(Nc3cc(-n4cccn4)nc(C)n3)cc2)c(C)c1C. The van der Waals surface area contributed by atoms with Crippen LogP contribution >= 0.6 is 0 Å². The zero-order chi connectivity index (χ0) is 23.6. The number of aromatic nitrogens is 4. The molecule has 0 unspecified atom stereocenters. The van der Waals surface area contributed by atoms with Gasteiger partial charge in [-0.25, -0.2) is 23.1 Å². The molecule has 0 saturated heterocycles. The van der Waals surface area contributed by atoms with Crippen molar-refractivity contribution in [1.82, 2.24) is 19.7 Å². The average Bonchev–Trinajstić information content (AvgIpc) is 3.31. The number of hydrogen-bond donors (Lipinski definition) is 2. The van der Waals surface area contributed by atoms with Gasteiger partial charge in [-0.2, -0.15) is 5.10 Å². The first-order valence-electron chi connectivity index (χ1n) is 10.2. The largest absolute Gasteiger partial charge is 0.496 e. The third-order valence-electron chi connectivity index (χ3n) is 5.17. The molecule has 0 amide bonds. The summed E-state index contributed by atoms with van der Waals surface area (Å²) in [5.41, 5.74) is 2.63. The molecule has 33 heavy (non-hydrogen) atoms. The number of nitrogens with one attached hydrogen (secondary N) is 2. The van der Waals surface area contributed by atoms with Crippen molar-refractivity contribution >= 4 is 27.2 Å². The number of anilines is 3. The van der Waals surface area contributed by atoms with E-state index in [4.69, 9.17) is 4.74 Å². The molecule has 4 rings (SSSR count). The van der Waals surface area contributed by atoms with E-state index in [0.717, 1.165) is 11.3 Å². The number of sulfonamides is 1. The molecule has 9 nitrogen and oxygen atoms in total. The van der Waals surface area contributed by atoms with E-state index in [-0.39, 0.29) is 4.90 Å². The molecule has 2 N–H and O–H groups in total. The minimum Gasteiger partial charge on any atom is -0.496 e. The second-order valence-electron chi connectivity index (χ2n) is 7.43. The topological polar surface area (TPSA) is 111 Å². The summed E-state index contributed by atoms with van der Waals surface area (Å²) in [5.74, 6) is 2.49. The van der Waals surface area contributed by atoms with Crippen molar-refractivity contribution in [3.05, 3.63) is 77.9 Å². The van der Waals surface area contributed by atoms with Gasteiger partial charge in [0, 0.05) is 29.8 Å². The van der Waals surface area contributed by atoms with E-state index in [0.29, 0.717) is 34.5 Å². The predicted molar refractivity (Wildman–Crippen MR) is 127 cm³/mol. The molecule has 0 aliphatic carbocycles. The number of aryl methyl sites for hydroxylation is 1. The van der Waals surface area contributed by atoms with E-state index in [1.807, 2.05) is 13.0 Å². The summed E-state index contributed by atoms with van der Waals surface area (Å²) in [5, 5.41) is 7.41. The Morgan fingerprint density at radius 1 is 0.939 bits per heavy atom. The summed E-state index contributed by atoms with van der Waals surface area (Å²) in [6.45, 7) is 5.40. The van der Waals surface area contributed by atoms with Gasteiger partial charge in [0.05, 0.1) is 12.0 Å². The standard InChI is InChI=1S/C23H24N6O3S/c1-15-16(2)21(11-10-20(15)32-4)33(30,31)28-19-8-6-18(7-9-19)27-22-14-23(26-17(3)25-22)29-13-5-12-24-29/h5-14,28H,1-4H3,(H,25,26,27). The lowest BCUT2D eigenvalue weighted by molar-refractivity contribution is 0.411. The van der Waals surface area contributed by atoms with Crippen LogP contribution < -0.4 is 14.8 Å². The number of rotatable bonds is 7. The van der Waals surface area contributed by atoms with Crippen LogP contribution in [0.2, 0.25) is 0 Å². The highest BCUT2D eigenvalue weighted by atomic mass is 32.2. The summed E-state index contributed by atoms with van der Waals surface area (Å²) in [7, 11) is -2.20. The van der Waals surface area contributed by atoms with Crippen LogP contribution in [-0.2, 0) is 10.0 Å². The molecule has 0 bridgehead atoms. The zero-order valence-corrected chi connectivity index (χ0v) is 19.5. The van der Waals surface area contributed by atoms with Gasteiger partial charge < -0.3 is 10.1 Å². The maximum absolute atomic E-state index is 12.9. The molecule has 4 aromatic rings. The van der Waals surface area contributed by atoms with Gasteiger partial charge in [-0.1, -0.05) is 0 Å². The second-order valence-corrected chi connectivity index (χ2v) is 9.08. The van der Waals surface area contributed by atoms with Gasteiger partial charge in [-0.05, 0) is 74.4 Å². The Morgan fingerprint density at radius 3 is 2.33 bits per heavy atom. The average molecular weight is 465 g/mol. The summed E-state index contributed by atoms with van der Waals surface area (Å²) in [4.78, 5) is 9.01. The van der Waals surface area contributed by atoms with Crippen LogP contribution in [0.4, 0.5) is 17.2 Å². The molecule has 0 aliphatic heterocycles. The van der Waals surface area contributed by atoms with Crippen molar-refractivity contribution < 1.29 is 13.2 Å². The molecule has 0 radical (unpaired) electrons. The number of nitrogens with zero attached hydrogens (tertiary/aromatic N) is 4. The zero-order valence-electron chi connectivity index (χ0n) is 18.7. The highest BCUT2D eigenvalue weighted by Crippen LogP contribution is 2.28. The maximum atomic E-state index is 12.9. The summed E-state index contributed by atoms with van der Waals surface area (Å²) < 4.78 is 35.5. The molecule has 0 spiro atoms. The van der Waals surface area contributed by atoms with Crippen LogP contribution in [0.5, 0.6) is 5.75 Å². The molecular formula is C23H24N6O3S. The molecular weight excluding hydrogens is 440 g/mol. The minimum absolute atomic E-state index is 0.214. The summed E-state index contributed by atoms with van der Waals surface area (Å²) in [6, 6.07) is 13.7. The molecule has 0 atom stereocenters. The van der Waals surface area contributed by atoms with Gasteiger partial charge >= 0.3 is 0 Å². The van der Waals surface area contributed by atoms with E-state index >= 15 is 0 Å². The number of ether oxygens (including phenoxy) is 1. The molecule has 2 heterocycles. The predicted octanol–water partition coefficient (Wildman–Crippen LogP) is 4.14. The fraction of sp³-hybridized carbons (Fsp3) is 0.174. The number of benzene rings is 2. The van der Waals surface area contributed by atoms with Crippen molar-refractivity contribution in [1.29, 1.82) is 0 Å². The van der Waals surface area contributed by atoms with Gasteiger partial charge in [0.15, 0.2) is 5.82 Å². The van der Waals surface area contributed by atoms with E-state index < -0.39 is 10.0 Å². The van der Waals surface area contributed by atoms with Crippen LogP contribution in [0.1, 0.15) is 17.0 Å². The van der Waals surface area contributed by atoms with Gasteiger partial charge in [0.25, 0.3) is 10.0 Å². The van der Waals surface area contributed by atoms with E-state index in [1.165, 1.54) is 0 Å². The third kappa shape index (κ3) is 4.80. The van der Waals surface area contributed by atoms with Crippen molar-refractivity contribution in [2.24, 2.45) is 0 Å². The minimum atomic E-state index is -3.76. The highest BCUT2D eigenvalue weighted by molar-refractivity contribution is 7.92. The molecule has 2 aromatic carbocycles. The van der Waals surface area contributed by atoms with Gasteiger partial charge in [-0.3, -0.25) is 4.72 Å². The van der Waals surface area contributed by atoms with Crippen molar-refractivity contribution in [3.63, 3.8) is 0 Å². The number of hydrogen-bond acceptors (Lipinski definition) is 7. The smallest absolute Gasteiger partial charge is 0.262 e. The first kappa shape index (κ1) is 22.3. The van der Waals surface area contributed by atoms with Crippen molar-refractivity contribution in [2.75, 3.05) is 17.1 Å². The molecule has 0 saturated carbocycles. The first-order chi connectivity index (χ1) is 15.8. The maximum Gasteiger partial charge on any atom is 0.262 e. The first-order valence-corrected chi connectivity index (χ1v) is 11.6. The Morgan fingerprint density at radius 2 is 1.67 bits per heavy atom. The Kier molecular flexibility index (Phi) is 6.01. The Balaban J connectivity index is 1.52. The van der Waals surface area contributed by atoms with E-state index in [9.17, 15) is 8.42 Å². The molecule has 10 heteroatoms. The lowest BCUT2D eigenvalue weighted by Gasteiger charge is -2.15. The van der Waals surface area contributed by atoms with Crippen LogP contribution in [0.15, 0.2) is 65.8 Å². The van der Waals surface area contributed by atoms with Crippen molar-refractivity contribution in [2.45, 2.75) is 25.7 Å². The van der Waals surface area contributed by atoms with Gasteiger partial charge in [0.2, 0.25) is 0 Å². The van der Waals surface area contributed by atoms with Crippen LogP contribution in [0.3, 0.4) is 0 Å². The Labute approximate surface area is 192 Å². The normalized spacial score (nSPS) is 11.3. The van der Waals surface area contributed by atoms with Gasteiger partial charge in [0.1, 0.15) is 17.4 Å². The lowest BCUT2D eigenvalue weighted by Crippen LogP contribution is -2.15. The fourth-order valence-corrected chi connectivity index (χ4v) is 4.76. The Hall–Kier alpha value is -3.92. The molecule has 170 valence electrons. The van der Waals surface area contributed by atoms with Gasteiger partial charge in [-0.15, -0.1) is 0 Å². The monoisotopic (exact) mass is 464 g/mol. The second kappa shape index (κ2) is 8.91. The lowest BCUT2D eigenvalue weighted by atomic mass is 10.1. The van der Waals surface area contributed by atoms with E-state index in [2.05, 4.69) is 25.1 Å². The molecule has 2 aromatic heterocycles. The summed E-state index contributed by atoms with van der Waals surface area (Å²) >= 11 is 0. The molecule has 0 aliphatic rings. The highest BCUT2D eigenvalue weighted by Gasteiger charge is 2.19. The van der Waals surface area contributed by atoms with Crippen LogP contribution in [-0.4, -0.2) is 35.3 Å². The number of methoxy groups -OCH3 is 1. The molecule has 0 fully saturated rings.